The van der Waals surface area contributed by atoms with Crippen molar-refractivity contribution in [1.29, 1.82) is 0 Å². The van der Waals surface area contributed by atoms with Crippen LogP contribution in [0.5, 0.6) is 11.5 Å². The summed E-state index contributed by atoms with van der Waals surface area (Å²) < 4.78 is 23.1. The molecule has 0 fully saturated rings. The van der Waals surface area contributed by atoms with Gasteiger partial charge in [-0.25, -0.2) is 9.97 Å². The number of primary amides is 2. The lowest BCUT2D eigenvalue weighted by molar-refractivity contribution is -0.105. The van der Waals surface area contributed by atoms with Crippen LogP contribution in [0.15, 0.2) is 53.3 Å². The predicted octanol–water partition coefficient (Wildman–Crippen LogP) is 2.70. The van der Waals surface area contributed by atoms with Crippen molar-refractivity contribution in [2.24, 2.45) is 11.5 Å². The van der Waals surface area contributed by atoms with Crippen LogP contribution in [0.1, 0.15) is 62.9 Å². The average Bonchev–Trinajstić information content (AvgIpc) is 3.97. The number of H-pyrrole nitrogens is 1. The van der Waals surface area contributed by atoms with Crippen molar-refractivity contribution in [3.63, 3.8) is 0 Å². The smallest absolute Gasteiger partial charge is 0.327 e. The number of methoxy groups -OCH3 is 1. The molecule has 4 heterocycles. The van der Waals surface area contributed by atoms with Crippen LogP contribution in [0.4, 0.5) is 11.9 Å². The Balaban J connectivity index is 0.000000693. The zero-order valence-corrected chi connectivity index (χ0v) is 34.9. The van der Waals surface area contributed by atoms with Crippen LogP contribution in [0.3, 0.4) is 0 Å². The molecule has 6 aromatic rings. The molecule has 23 heteroatoms. The number of amides is 4. The van der Waals surface area contributed by atoms with Crippen LogP contribution < -0.4 is 37.1 Å². The van der Waals surface area contributed by atoms with Crippen molar-refractivity contribution in [3.8, 4) is 11.5 Å². The molecule has 0 unspecified atom stereocenters. The van der Waals surface area contributed by atoms with Gasteiger partial charge in [0.15, 0.2) is 0 Å². The largest absolute Gasteiger partial charge is 0.494 e. The Morgan fingerprint density at radius 3 is 2.00 bits per heavy atom. The number of carbonyl (C=O) groups excluding carboxylic acids is 4. The predicted molar refractivity (Wildman–Crippen MR) is 225 cm³/mol. The number of fused-ring (bicyclic) bond motifs is 2. The number of nitrogens with one attached hydrogen (secondary N) is 3. The van der Waals surface area contributed by atoms with Crippen molar-refractivity contribution in [2.75, 3.05) is 31.0 Å². The molecule has 324 valence electrons. The van der Waals surface area contributed by atoms with E-state index in [0.717, 1.165) is 12.2 Å². The molecule has 0 atom stereocenters. The van der Waals surface area contributed by atoms with Gasteiger partial charge in [0.1, 0.15) is 28.2 Å². The Hall–Kier alpha value is -6.87. The number of nitrogens with two attached hydrogens (primary N) is 2. The number of hydrogen-bond acceptors (Lipinski definition) is 13. The molecule has 6 rings (SSSR count). The second-order valence-corrected chi connectivity index (χ2v) is 13.9. The SMILES string of the molecule is CCn1[nH]c(=O)cc1C.CCn1nc(C)cc1C(=O)Nc1nc2cc(C(N)=O)cc(OCCCOP(O)O)c2n1C/C=C/Cn1c(NC=O)nc2cc(C(N)=O)cc(OC)c21. The summed E-state index contributed by atoms with van der Waals surface area (Å²) in [6.07, 6.45) is 4.31. The summed E-state index contributed by atoms with van der Waals surface area (Å²) in [4.78, 5) is 86.9. The first-order valence-corrected chi connectivity index (χ1v) is 20.0. The van der Waals surface area contributed by atoms with Crippen molar-refractivity contribution < 1.29 is 43.0 Å². The van der Waals surface area contributed by atoms with Gasteiger partial charge in [-0.2, -0.15) is 5.10 Å². The molecule has 0 bridgehead atoms. The summed E-state index contributed by atoms with van der Waals surface area (Å²) in [7, 11) is -1.09. The minimum absolute atomic E-state index is 0.00367. The van der Waals surface area contributed by atoms with Gasteiger partial charge in [0.05, 0.1) is 37.1 Å². The van der Waals surface area contributed by atoms with Gasteiger partial charge in [-0.05, 0) is 58.0 Å². The van der Waals surface area contributed by atoms with Gasteiger partial charge < -0.3 is 44.4 Å². The summed E-state index contributed by atoms with van der Waals surface area (Å²) >= 11 is 0. The number of imidazole rings is 2. The van der Waals surface area contributed by atoms with Gasteiger partial charge in [0.25, 0.3) is 11.5 Å². The molecule has 0 spiro atoms. The van der Waals surface area contributed by atoms with Gasteiger partial charge in [-0.1, -0.05) is 12.2 Å². The Morgan fingerprint density at radius 1 is 0.869 bits per heavy atom. The van der Waals surface area contributed by atoms with E-state index in [1.54, 1.807) is 45.0 Å². The van der Waals surface area contributed by atoms with Crippen molar-refractivity contribution in [3.05, 3.63) is 87.1 Å². The first-order chi connectivity index (χ1) is 29.2. The van der Waals surface area contributed by atoms with E-state index >= 15 is 0 Å². The number of aromatic nitrogens is 8. The van der Waals surface area contributed by atoms with Crippen molar-refractivity contribution in [1.82, 2.24) is 38.7 Å². The molecule has 0 aliphatic rings. The Bertz CT molecular complexity index is 2640. The molecule has 0 aliphatic carbocycles. The van der Waals surface area contributed by atoms with E-state index in [0.29, 0.717) is 52.2 Å². The summed E-state index contributed by atoms with van der Waals surface area (Å²) in [6.45, 7) is 9.18. The van der Waals surface area contributed by atoms with Crippen LogP contribution in [-0.4, -0.2) is 92.9 Å². The highest BCUT2D eigenvalue weighted by Crippen LogP contribution is 2.33. The molecule has 0 radical (unpaired) electrons. The Labute approximate surface area is 349 Å². The number of allylic oxidation sites excluding steroid dienone is 2. The average molecular weight is 863 g/mol. The second-order valence-electron chi connectivity index (χ2n) is 13.2. The van der Waals surface area contributed by atoms with Gasteiger partial charge in [-0.15, -0.1) is 0 Å². The summed E-state index contributed by atoms with van der Waals surface area (Å²) in [5, 5.41) is 12.4. The normalized spacial score (nSPS) is 11.3. The monoisotopic (exact) mass is 862 g/mol. The lowest BCUT2D eigenvalue weighted by Gasteiger charge is -2.13. The quantitative estimate of drug-likeness (QED) is 0.0267. The molecular weight excluding hydrogens is 815 g/mol. The maximum absolute atomic E-state index is 13.5. The lowest BCUT2D eigenvalue weighted by atomic mass is 10.1. The Morgan fingerprint density at radius 2 is 1.48 bits per heavy atom. The number of hydrogen-bond donors (Lipinski definition) is 7. The van der Waals surface area contributed by atoms with E-state index in [1.807, 2.05) is 25.5 Å². The Kier molecular flexibility index (Phi) is 15.1. The maximum atomic E-state index is 13.5. The first kappa shape index (κ1) is 45.2. The highest BCUT2D eigenvalue weighted by molar-refractivity contribution is 7.39. The van der Waals surface area contributed by atoms with Gasteiger partial charge in [0.2, 0.25) is 30.1 Å². The number of anilines is 2. The fraction of sp³-hybridized carbons (Fsp3) is 0.316. The van der Waals surface area contributed by atoms with E-state index < -0.39 is 26.3 Å². The van der Waals surface area contributed by atoms with Gasteiger partial charge in [0, 0.05) is 55.5 Å². The number of carbonyl (C=O) groups is 4. The van der Waals surface area contributed by atoms with Crippen molar-refractivity contribution >= 4 is 66.7 Å². The number of aryl methyl sites for hydroxylation is 4. The van der Waals surface area contributed by atoms with Gasteiger partial charge in [-0.3, -0.25) is 49.1 Å². The van der Waals surface area contributed by atoms with Crippen LogP contribution in [0.2, 0.25) is 0 Å². The third-order valence-electron chi connectivity index (χ3n) is 9.07. The van der Waals surface area contributed by atoms with E-state index in [2.05, 4.69) is 30.8 Å². The fourth-order valence-corrected chi connectivity index (χ4v) is 6.65. The number of benzene rings is 2. The lowest BCUT2D eigenvalue weighted by Crippen LogP contribution is -2.20. The molecule has 0 saturated heterocycles. The molecule has 0 aliphatic heterocycles. The molecule has 9 N–H and O–H groups in total. The van der Waals surface area contributed by atoms with E-state index in [1.165, 1.54) is 31.4 Å². The zero-order valence-electron chi connectivity index (χ0n) is 34.0. The standard InChI is InChI=1S/C32H37N10O9P.C6H10N2O/c1-4-42-23(12-18(2)39-42)30(46)38-32-37-22-14-20(29(34)45)16-25(50-10-7-11-51-52(47)48)27(22)41(32)9-6-5-8-40-26-21(36-31(40)35-17-43)13-19(28(33)44)15-24(26)49-3;1-3-8-5(2)4-6(9)7-8/h5-6,12-17,47-48H,4,7-11H2,1-3H3,(H2,33,44)(H2,34,45)(H,35,36,43)(H,37,38,46);4H,3H2,1-2H3,(H,7,9)/b6-5+;. The summed E-state index contributed by atoms with van der Waals surface area (Å²) in [5.41, 5.74) is 14.9. The first-order valence-electron chi connectivity index (χ1n) is 18.8. The minimum atomic E-state index is -2.53. The molecule has 2 aromatic carbocycles. The molecular formula is C38H47N12O10P. The van der Waals surface area contributed by atoms with E-state index in [-0.39, 0.29) is 67.1 Å². The molecule has 22 nitrogen and oxygen atoms in total. The summed E-state index contributed by atoms with van der Waals surface area (Å²) in [5.74, 6) is -1.02. The fourth-order valence-electron chi connectivity index (χ4n) is 6.36. The zero-order chi connectivity index (χ0) is 44.4. The third-order valence-corrected chi connectivity index (χ3v) is 9.49. The van der Waals surface area contributed by atoms with Gasteiger partial charge >= 0.3 is 8.60 Å². The minimum Gasteiger partial charge on any atom is -0.494 e. The highest BCUT2D eigenvalue weighted by Gasteiger charge is 2.22. The van der Waals surface area contributed by atoms with Crippen LogP contribution in [-0.2, 0) is 35.5 Å². The molecule has 0 saturated carbocycles. The van der Waals surface area contributed by atoms with Crippen LogP contribution in [0.25, 0.3) is 22.1 Å². The highest BCUT2D eigenvalue weighted by atomic mass is 31.2. The summed E-state index contributed by atoms with van der Waals surface area (Å²) in [6, 6.07) is 9.16. The number of aromatic amines is 1. The van der Waals surface area contributed by atoms with Crippen LogP contribution in [0, 0.1) is 13.8 Å². The number of nitrogens with zero attached hydrogens (tertiary/aromatic N) is 7. The topological polar surface area (TPSA) is 304 Å². The number of ether oxygens (including phenoxy) is 2. The molecule has 61 heavy (non-hydrogen) atoms. The third kappa shape index (κ3) is 10.9. The second kappa shape index (κ2) is 20.4. The van der Waals surface area contributed by atoms with E-state index in [4.69, 9.17) is 35.3 Å². The van der Waals surface area contributed by atoms with Crippen LogP contribution >= 0.6 is 8.60 Å². The molecule has 4 amide bonds. The van der Waals surface area contributed by atoms with E-state index in [9.17, 15) is 24.0 Å². The van der Waals surface area contributed by atoms with Crippen molar-refractivity contribution in [2.45, 2.75) is 60.3 Å². The maximum Gasteiger partial charge on any atom is 0.327 e. The number of rotatable bonds is 19. The molecule has 4 aromatic heterocycles.